The molecule has 0 bridgehead atoms. The Morgan fingerprint density at radius 3 is 2.54 bits per heavy atom. The number of hydrogen-bond donors (Lipinski definition) is 2. The van der Waals surface area contributed by atoms with Crippen molar-refractivity contribution >= 4 is 17.8 Å². The number of primary amides is 1. The summed E-state index contributed by atoms with van der Waals surface area (Å²) < 4.78 is 0. The van der Waals surface area contributed by atoms with Gasteiger partial charge in [-0.2, -0.15) is 0 Å². The lowest BCUT2D eigenvalue weighted by Crippen LogP contribution is -2.40. The largest absolute Gasteiger partial charge is 0.465 e. The molecule has 0 aliphatic carbocycles. The van der Waals surface area contributed by atoms with Gasteiger partial charge in [-0.1, -0.05) is 19.9 Å². The number of nitrogens with two attached hydrogens (primary N) is 1. The highest BCUT2D eigenvalue weighted by Crippen LogP contribution is 2.24. The molecule has 7 heteroatoms. The van der Waals surface area contributed by atoms with Crippen LogP contribution in [0, 0.1) is 11.8 Å². The maximum atomic E-state index is 11.1. The number of rotatable bonds is 8. The molecule has 1 fully saturated rings. The molecule has 2 amide bonds. The van der Waals surface area contributed by atoms with E-state index in [4.69, 9.17) is 10.8 Å². The molecule has 3 N–H and O–H groups in total. The van der Waals surface area contributed by atoms with Crippen LogP contribution in [-0.4, -0.2) is 53.2 Å². The monoisotopic (exact) mass is 362 g/mol. The molecule has 0 atom stereocenters. The summed E-state index contributed by atoms with van der Waals surface area (Å²) in [4.78, 5) is 30.1. The Bertz CT molecular complexity index is 595. The quantitative estimate of drug-likeness (QED) is 0.739. The van der Waals surface area contributed by atoms with Crippen molar-refractivity contribution in [1.82, 2.24) is 9.88 Å². The Hall–Kier alpha value is -2.31. The minimum absolute atomic E-state index is 0.235. The van der Waals surface area contributed by atoms with Crippen LogP contribution >= 0.6 is 0 Å². The lowest BCUT2D eigenvalue weighted by atomic mass is 9.93. The summed E-state index contributed by atoms with van der Waals surface area (Å²) in [6.07, 6.45) is 4.68. The van der Waals surface area contributed by atoms with Gasteiger partial charge in [0.25, 0.3) is 0 Å². The van der Waals surface area contributed by atoms with Crippen LogP contribution in [0.3, 0.4) is 0 Å². The molecule has 0 spiro atoms. The van der Waals surface area contributed by atoms with Gasteiger partial charge in [0.15, 0.2) is 0 Å². The van der Waals surface area contributed by atoms with Crippen molar-refractivity contribution in [2.75, 3.05) is 31.1 Å². The number of piperidine rings is 1. The SMILES string of the molecule is CC(C)Cc1ccc(N2CCC(CCN(CC(N)=O)C(=O)O)CC2)nc1. The maximum absolute atomic E-state index is 11.1. The van der Waals surface area contributed by atoms with Crippen molar-refractivity contribution in [3.8, 4) is 0 Å². The van der Waals surface area contributed by atoms with E-state index in [9.17, 15) is 9.59 Å². The van der Waals surface area contributed by atoms with Gasteiger partial charge in [0.05, 0.1) is 0 Å². The molecule has 1 aliphatic heterocycles. The summed E-state index contributed by atoms with van der Waals surface area (Å²) in [6.45, 7) is 6.36. The predicted octanol–water partition coefficient (Wildman–Crippen LogP) is 2.35. The van der Waals surface area contributed by atoms with Gasteiger partial charge in [-0.05, 0) is 49.1 Å². The van der Waals surface area contributed by atoms with E-state index in [-0.39, 0.29) is 6.54 Å². The van der Waals surface area contributed by atoms with Gasteiger partial charge >= 0.3 is 6.09 Å². The van der Waals surface area contributed by atoms with E-state index in [2.05, 4.69) is 35.9 Å². The normalized spacial score (nSPS) is 15.3. The first-order valence-electron chi connectivity index (χ1n) is 9.31. The van der Waals surface area contributed by atoms with Gasteiger partial charge in [-0.15, -0.1) is 0 Å². The molecule has 0 aromatic carbocycles. The minimum atomic E-state index is -1.09. The molecule has 26 heavy (non-hydrogen) atoms. The number of pyridine rings is 1. The molecule has 2 rings (SSSR count). The summed E-state index contributed by atoms with van der Waals surface area (Å²) in [5.74, 6) is 1.48. The van der Waals surface area contributed by atoms with Crippen LogP contribution in [0.2, 0.25) is 0 Å². The van der Waals surface area contributed by atoms with Gasteiger partial charge in [0, 0.05) is 25.8 Å². The molecule has 144 valence electrons. The molecule has 2 heterocycles. The highest BCUT2D eigenvalue weighted by molar-refractivity contribution is 5.80. The second-order valence-electron chi connectivity index (χ2n) is 7.51. The van der Waals surface area contributed by atoms with Crippen molar-refractivity contribution in [2.24, 2.45) is 17.6 Å². The molecular formula is C19H30N4O3. The Morgan fingerprint density at radius 1 is 1.35 bits per heavy atom. The van der Waals surface area contributed by atoms with E-state index in [0.29, 0.717) is 18.4 Å². The van der Waals surface area contributed by atoms with E-state index >= 15 is 0 Å². The first-order valence-corrected chi connectivity index (χ1v) is 9.31. The Kier molecular flexibility index (Phi) is 7.24. The number of amides is 2. The number of carbonyl (C=O) groups excluding carboxylic acids is 1. The Balaban J connectivity index is 1.79. The summed E-state index contributed by atoms with van der Waals surface area (Å²) in [7, 11) is 0. The van der Waals surface area contributed by atoms with Gasteiger partial charge < -0.3 is 15.7 Å². The van der Waals surface area contributed by atoms with Crippen LogP contribution in [0.4, 0.5) is 10.6 Å². The molecule has 0 unspecified atom stereocenters. The van der Waals surface area contributed by atoms with Gasteiger partial charge in [0.1, 0.15) is 12.4 Å². The topological polar surface area (TPSA) is 99.8 Å². The van der Waals surface area contributed by atoms with Crippen molar-refractivity contribution in [1.29, 1.82) is 0 Å². The number of anilines is 1. The third kappa shape index (κ3) is 6.20. The molecule has 1 aromatic rings. The molecule has 0 saturated carbocycles. The standard InChI is InChI=1S/C19H30N4O3/c1-14(2)11-16-3-4-18(21-12-16)22-8-5-15(6-9-22)7-10-23(19(25)26)13-17(20)24/h3-4,12,14-15H,5-11,13H2,1-2H3,(H2,20,24)(H,25,26). The highest BCUT2D eigenvalue weighted by atomic mass is 16.4. The number of hydrogen-bond acceptors (Lipinski definition) is 4. The van der Waals surface area contributed by atoms with E-state index in [1.54, 1.807) is 0 Å². The fourth-order valence-electron chi connectivity index (χ4n) is 3.42. The second kappa shape index (κ2) is 9.40. The number of nitrogens with zero attached hydrogens (tertiary/aromatic N) is 3. The van der Waals surface area contributed by atoms with Crippen LogP contribution in [0.25, 0.3) is 0 Å². The highest BCUT2D eigenvalue weighted by Gasteiger charge is 2.22. The number of carboxylic acid groups (broad SMARTS) is 1. The summed E-state index contributed by atoms with van der Waals surface area (Å²) in [5, 5.41) is 9.12. The van der Waals surface area contributed by atoms with Gasteiger partial charge in [0.2, 0.25) is 5.91 Å². The van der Waals surface area contributed by atoms with Crippen LogP contribution in [-0.2, 0) is 11.2 Å². The number of carbonyl (C=O) groups is 2. The fraction of sp³-hybridized carbons (Fsp3) is 0.632. The van der Waals surface area contributed by atoms with Crippen LogP contribution in [0.5, 0.6) is 0 Å². The third-order valence-electron chi connectivity index (χ3n) is 4.82. The fourth-order valence-corrected chi connectivity index (χ4v) is 3.42. The third-order valence-corrected chi connectivity index (χ3v) is 4.82. The smallest absolute Gasteiger partial charge is 0.407 e. The van der Waals surface area contributed by atoms with Gasteiger partial charge in [-0.3, -0.25) is 9.69 Å². The molecular weight excluding hydrogens is 332 g/mol. The molecule has 1 aliphatic rings. The zero-order chi connectivity index (χ0) is 19.1. The zero-order valence-corrected chi connectivity index (χ0v) is 15.7. The zero-order valence-electron chi connectivity index (χ0n) is 15.7. The predicted molar refractivity (Wildman–Crippen MR) is 101 cm³/mol. The van der Waals surface area contributed by atoms with Crippen LogP contribution in [0.15, 0.2) is 18.3 Å². The molecule has 7 nitrogen and oxygen atoms in total. The van der Waals surface area contributed by atoms with Crippen molar-refractivity contribution in [2.45, 2.75) is 39.5 Å². The number of aromatic nitrogens is 1. The minimum Gasteiger partial charge on any atom is -0.465 e. The van der Waals surface area contributed by atoms with Crippen molar-refractivity contribution in [3.63, 3.8) is 0 Å². The Morgan fingerprint density at radius 2 is 2.04 bits per heavy atom. The van der Waals surface area contributed by atoms with E-state index < -0.39 is 12.0 Å². The first-order chi connectivity index (χ1) is 12.3. The van der Waals surface area contributed by atoms with Crippen LogP contribution in [0.1, 0.15) is 38.7 Å². The molecule has 1 saturated heterocycles. The van der Waals surface area contributed by atoms with E-state index in [1.807, 2.05) is 6.20 Å². The lowest BCUT2D eigenvalue weighted by Gasteiger charge is -2.33. The summed E-state index contributed by atoms with van der Waals surface area (Å²) in [5.41, 5.74) is 6.37. The summed E-state index contributed by atoms with van der Waals surface area (Å²) >= 11 is 0. The van der Waals surface area contributed by atoms with E-state index in [1.165, 1.54) is 5.56 Å². The second-order valence-corrected chi connectivity index (χ2v) is 7.51. The van der Waals surface area contributed by atoms with Crippen LogP contribution < -0.4 is 10.6 Å². The maximum Gasteiger partial charge on any atom is 0.407 e. The van der Waals surface area contributed by atoms with Crippen molar-refractivity contribution < 1.29 is 14.7 Å². The first kappa shape index (κ1) is 20.0. The molecule has 0 radical (unpaired) electrons. The molecule has 1 aromatic heterocycles. The van der Waals surface area contributed by atoms with Crippen molar-refractivity contribution in [3.05, 3.63) is 23.9 Å². The average molecular weight is 362 g/mol. The average Bonchev–Trinajstić information content (AvgIpc) is 2.59. The van der Waals surface area contributed by atoms with Gasteiger partial charge in [-0.25, -0.2) is 9.78 Å². The summed E-state index contributed by atoms with van der Waals surface area (Å²) in [6, 6.07) is 4.25. The Labute approximate surface area is 155 Å². The van der Waals surface area contributed by atoms with E-state index in [0.717, 1.165) is 49.5 Å². The lowest BCUT2D eigenvalue weighted by molar-refractivity contribution is -0.118.